The largest absolute Gasteiger partial charge is 0.311 e. The van der Waals surface area contributed by atoms with Crippen molar-refractivity contribution in [2.45, 2.75) is 19.6 Å². The molecule has 0 atom stereocenters. The fraction of sp³-hybridized carbons (Fsp3) is 0. The second kappa shape index (κ2) is 10.7. The van der Waals surface area contributed by atoms with Gasteiger partial charge < -0.3 is 18.9 Å². The average Bonchev–Trinajstić information content (AvgIpc) is 3.85. The van der Waals surface area contributed by atoms with Crippen molar-refractivity contribution in [1.29, 1.82) is 0 Å². The number of hydrogen-bond acceptors (Lipinski definition) is 4. The lowest BCUT2D eigenvalue weighted by molar-refractivity contribution is 1.13. The zero-order valence-electron chi connectivity index (χ0n) is 32.9. The van der Waals surface area contributed by atoms with Gasteiger partial charge in [-0.05, 0) is 93.4 Å². The molecular weight excluding hydrogens is 790 g/mol. The van der Waals surface area contributed by atoms with Gasteiger partial charge in [0.2, 0.25) is 0 Å². The minimum absolute atomic E-state index is 0.0315. The van der Waals surface area contributed by atoms with E-state index in [1.807, 2.05) is 23.5 Å². The van der Waals surface area contributed by atoms with Crippen molar-refractivity contribution in [3.8, 4) is 11.4 Å². The predicted molar refractivity (Wildman–Crippen MR) is 262 cm³/mol. The minimum atomic E-state index is 0.0315. The first-order valence-corrected chi connectivity index (χ1v) is 23.1. The number of aromatic nitrogens is 2. The molecule has 0 N–H and O–H groups in total. The van der Waals surface area contributed by atoms with Crippen molar-refractivity contribution in [2.75, 3.05) is 9.80 Å². The Bertz CT molecular complexity index is 3980. The van der Waals surface area contributed by atoms with Crippen LogP contribution in [0.25, 0.3) is 55.0 Å². The fourth-order valence-electron chi connectivity index (χ4n) is 12.7. The molecule has 0 radical (unpaired) electrons. The Labute approximate surface area is 365 Å². The smallest absolute Gasteiger partial charge is 0.252 e. The van der Waals surface area contributed by atoms with Crippen LogP contribution in [-0.4, -0.2) is 22.6 Å². The van der Waals surface area contributed by atoms with Gasteiger partial charge in [0.05, 0.1) is 39.3 Å². The molecule has 0 bridgehead atoms. The molecule has 0 fully saturated rings. The Morgan fingerprint density at radius 3 is 1.63 bits per heavy atom. The van der Waals surface area contributed by atoms with Crippen LogP contribution < -0.4 is 42.6 Å². The maximum Gasteiger partial charge on any atom is 0.252 e. The van der Waals surface area contributed by atoms with Crippen LogP contribution in [0.4, 0.5) is 34.1 Å². The van der Waals surface area contributed by atoms with Crippen molar-refractivity contribution in [3.05, 3.63) is 170 Å². The van der Waals surface area contributed by atoms with Crippen LogP contribution in [0.1, 0.15) is 0 Å². The zero-order chi connectivity index (χ0) is 39.7. The molecule has 282 valence electrons. The van der Waals surface area contributed by atoms with Gasteiger partial charge in [-0.2, -0.15) is 0 Å². The van der Waals surface area contributed by atoms with E-state index >= 15 is 0 Å². The van der Waals surface area contributed by atoms with Crippen LogP contribution in [0, 0.1) is 0 Å². The third-order valence-corrected chi connectivity index (χ3v) is 17.0. The van der Waals surface area contributed by atoms with Gasteiger partial charge in [0.1, 0.15) is 0 Å². The van der Waals surface area contributed by atoms with E-state index in [4.69, 9.17) is 0 Å². The molecule has 8 heterocycles. The van der Waals surface area contributed by atoms with E-state index in [1.54, 1.807) is 0 Å². The molecule has 0 saturated heterocycles. The summed E-state index contributed by atoms with van der Waals surface area (Å²) >= 11 is 3.83. The molecule has 62 heavy (non-hydrogen) atoms. The van der Waals surface area contributed by atoms with Gasteiger partial charge in [0.25, 0.3) is 13.4 Å². The molecule has 11 aromatic rings. The van der Waals surface area contributed by atoms with E-state index in [0.29, 0.717) is 0 Å². The summed E-state index contributed by atoms with van der Waals surface area (Å²) in [6.45, 7) is 0.0986. The maximum atomic E-state index is 2.76. The average molecular weight is 819 g/mol. The van der Waals surface area contributed by atoms with E-state index in [1.165, 1.54) is 141 Å². The van der Waals surface area contributed by atoms with Crippen LogP contribution >= 0.6 is 23.5 Å². The maximum absolute atomic E-state index is 2.76. The number of para-hydroxylation sites is 7. The highest BCUT2D eigenvalue weighted by atomic mass is 32.2. The molecule has 0 aliphatic carbocycles. The monoisotopic (exact) mass is 818 g/mol. The lowest BCUT2D eigenvalue weighted by Crippen LogP contribution is -2.67. The number of benzene rings is 9. The summed E-state index contributed by atoms with van der Waals surface area (Å²) < 4.78 is 5.30. The Hall–Kier alpha value is -6.99. The second-order valence-electron chi connectivity index (χ2n) is 17.5. The van der Waals surface area contributed by atoms with Crippen molar-refractivity contribution in [2.24, 2.45) is 0 Å². The third-order valence-electron chi connectivity index (χ3n) is 14.8. The first-order valence-electron chi connectivity index (χ1n) is 21.5. The van der Waals surface area contributed by atoms with Gasteiger partial charge in [0, 0.05) is 69.4 Å². The topological polar surface area (TPSA) is 16.3 Å². The van der Waals surface area contributed by atoms with Crippen molar-refractivity contribution < 1.29 is 0 Å². The minimum Gasteiger partial charge on any atom is -0.311 e. The fourth-order valence-corrected chi connectivity index (χ4v) is 14.9. The molecule has 0 spiro atoms. The summed E-state index contributed by atoms with van der Waals surface area (Å²) in [5.41, 5.74) is 23.9. The van der Waals surface area contributed by atoms with E-state index < -0.39 is 0 Å². The molecule has 17 rings (SSSR count). The first-order chi connectivity index (χ1) is 30.8. The zero-order valence-corrected chi connectivity index (χ0v) is 34.6. The number of rotatable bonds is 1. The van der Waals surface area contributed by atoms with Crippen LogP contribution in [-0.2, 0) is 0 Å². The highest BCUT2D eigenvalue weighted by Crippen LogP contribution is 2.57. The van der Waals surface area contributed by atoms with Crippen LogP contribution in [0.15, 0.2) is 189 Å². The van der Waals surface area contributed by atoms with Crippen molar-refractivity contribution in [3.63, 3.8) is 0 Å². The second-order valence-corrected chi connectivity index (χ2v) is 19.7. The molecular formula is C54H28B2N4S2. The summed E-state index contributed by atoms with van der Waals surface area (Å²) in [7, 11) is 0. The lowest BCUT2D eigenvalue weighted by Gasteiger charge is -2.48. The van der Waals surface area contributed by atoms with Crippen LogP contribution in [0.2, 0.25) is 0 Å². The summed E-state index contributed by atoms with van der Waals surface area (Å²) in [5, 5.41) is 5.28. The van der Waals surface area contributed by atoms with E-state index in [-0.39, 0.29) is 13.4 Å². The van der Waals surface area contributed by atoms with E-state index in [0.717, 1.165) is 0 Å². The number of fused-ring (bicyclic) bond motifs is 15. The Balaban J connectivity index is 1.14. The van der Waals surface area contributed by atoms with Gasteiger partial charge in [-0.1, -0.05) is 133 Å². The molecule has 4 nitrogen and oxygen atoms in total. The van der Waals surface area contributed by atoms with Gasteiger partial charge >= 0.3 is 0 Å². The third kappa shape index (κ3) is 3.45. The molecule has 0 unspecified atom stereocenters. The quantitative estimate of drug-likeness (QED) is 0.153. The molecule has 2 aromatic heterocycles. The molecule has 6 aliphatic heterocycles. The van der Waals surface area contributed by atoms with Crippen molar-refractivity contribution >= 4 is 147 Å². The highest BCUT2D eigenvalue weighted by molar-refractivity contribution is 8.00. The van der Waals surface area contributed by atoms with Crippen LogP contribution in [0.3, 0.4) is 0 Å². The van der Waals surface area contributed by atoms with Gasteiger partial charge in [-0.3, -0.25) is 0 Å². The Morgan fingerprint density at radius 2 is 0.919 bits per heavy atom. The van der Waals surface area contributed by atoms with Gasteiger partial charge in [-0.25, -0.2) is 0 Å². The number of nitrogens with zero attached hydrogens (tertiary/aromatic N) is 4. The SMILES string of the molecule is c1ccc(-n2c3ccccc3c3cc4c5c(c6cccc7c6n5-c5c6c(cc8c5B4c4cccc5c4N8c4ccccc4S5)N4c5ccccc5Sc5cccc(c54)B67)c32)cc1. The first kappa shape index (κ1) is 31.8. The Kier molecular flexibility index (Phi) is 5.50. The van der Waals surface area contributed by atoms with Crippen molar-refractivity contribution in [1.82, 2.24) is 9.13 Å². The normalized spacial score (nSPS) is 14.8. The van der Waals surface area contributed by atoms with Gasteiger partial charge in [-0.15, -0.1) is 0 Å². The van der Waals surface area contributed by atoms with E-state index in [9.17, 15) is 0 Å². The van der Waals surface area contributed by atoms with E-state index in [2.05, 4.69) is 189 Å². The number of hydrogen-bond donors (Lipinski definition) is 0. The molecule has 0 amide bonds. The highest BCUT2D eigenvalue weighted by Gasteiger charge is 2.52. The summed E-state index contributed by atoms with van der Waals surface area (Å²) in [5.74, 6) is 0. The van der Waals surface area contributed by atoms with Crippen LogP contribution in [0.5, 0.6) is 0 Å². The molecule has 8 heteroatoms. The number of anilines is 6. The molecule has 9 aromatic carbocycles. The summed E-state index contributed by atoms with van der Waals surface area (Å²) in [6, 6.07) is 64.7. The Morgan fingerprint density at radius 1 is 0.355 bits per heavy atom. The summed E-state index contributed by atoms with van der Waals surface area (Å²) in [4.78, 5) is 10.5. The molecule has 6 aliphatic rings. The lowest BCUT2D eigenvalue weighted by atomic mass is 9.29. The van der Waals surface area contributed by atoms with Gasteiger partial charge in [0.15, 0.2) is 0 Å². The summed E-state index contributed by atoms with van der Waals surface area (Å²) in [6.07, 6.45) is 0. The standard InChI is InChI=1S/C54H28B2N4S2/c1-2-13-29(14-3-1)57-37-20-5-4-15-30(37)32-27-36-53-46(50(32)57)31-16-10-17-33-49(31)60(53)54-47-40(58-38-21-6-8-23-42(38)61-44-25-11-18-34(51(44)58)55(33)47)28-41-48(54)56(36)35-19-12-26-45-52(35)59(41)39-22-7-9-24-43(39)62-45/h1-28H. The predicted octanol–water partition coefficient (Wildman–Crippen LogP) is 10.0. The molecule has 0 saturated carbocycles.